The van der Waals surface area contributed by atoms with E-state index in [4.69, 9.17) is 20.6 Å². The maximum atomic E-state index is 12.8. The average molecular weight is 501 g/mol. The number of methoxy groups -OCH3 is 1. The molecule has 1 amide bonds. The van der Waals surface area contributed by atoms with Gasteiger partial charge in [-0.1, -0.05) is 5.92 Å². The maximum absolute atomic E-state index is 12.8. The molecule has 8 heteroatoms. The summed E-state index contributed by atoms with van der Waals surface area (Å²) in [6.45, 7) is 2.48. The van der Waals surface area contributed by atoms with E-state index in [1.165, 1.54) is 16.7 Å². The number of aliphatic imine (C=N–C) groups is 1. The summed E-state index contributed by atoms with van der Waals surface area (Å²) in [7, 11) is 3.32. The maximum Gasteiger partial charge on any atom is 0.266 e. The SMILES string of the molecule is C#CCOc1c(Br)cc(/C=C2/SC(=Nc3ccc(OC)cc3)N(C)C2=O)cc1OCC. The zero-order valence-electron chi connectivity index (χ0n) is 17.3. The van der Waals surface area contributed by atoms with E-state index < -0.39 is 0 Å². The lowest BCUT2D eigenvalue weighted by Gasteiger charge is -2.13. The van der Waals surface area contributed by atoms with Gasteiger partial charge in [0.2, 0.25) is 0 Å². The minimum atomic E-state index is -0.126. The fourth-order valence-electron chi connectivity index (χ4n) is 2.76. The van der Waals surface area contributed by atoms with Gasteiger partial charge in [-0.25, -0.2) is 4.99 Å². The lowest BCUT2D eigenvalue weighted by Crippen LogP contribution is -2.23. The Kier molecular flexibility index (Phi) is 7.66. The number of amides is 1. The van der Waals surface area contributed by atoms with Crippen LogP contribution in [0, 0.1) is 12.3 Å². The second kappa shape index (κ2) is 10.4. The molecule has 0 spiro atoms. The minimum absolute atomic E-state index is 0.126. The van der Waals surface area contributed by atoms with Crippen LogP contribution in [0.3, 0.4) is 0 Å². The van der Waals surface area contributed by atoms with E-state index in [0.29, 0.717) is 32.7 Å². The number of carbonyl (C=O) groups is 1. The van der Waals surface area contributed by atoms with Crippen LogP contribution in [-0.4, -0.2) is 43.3 Å². The summed E-state index contributed by atoms with van der Waals surface area (Å²) < 4.78 is 17.2. The number of rotatable bonds is 7. The van der Waals surface area contributed by atoms with Crippen molar-refractivity contribution in [2.45, 2.75) is 6.92 Å². The Morgan fingerprint density at radius 3 is 2.65 bits per heavy atom. The number of terminal acetylenes is 1. The lowest BCUT2D eigenvalue weighted by molar-refractivity contribution is -0.121. The molecule has 0 saturated carbocycles. The summed E-state index contributed by atoms with van der Waals surface area (Å²) >= 11 is 4.82. The second-order valence-corrected chi connectivity index (χ2v) is 8.19. The minimum Gasteiger partial charge on any atom is -0.497 e. The predicted octanol–water partition coefficient (Wildman–Crippen LogP) is 5.10. The Hall–Kier alpha value is -2.89. The number of benzene rings is 2. The first kappa shape index (κ1) is 22.8. The summed E-state index contributed by atoms with van der Waals surface area (Å²) in [4.78, 5) is 19.4. The summed E-state index contributed by atoms with van der Waals surface area (Å²) in [5.74, 6) is 4.15. The molecule has 0 atom stereocenters. The third kappa shape index (κ3) is 5.43. The van der Waals surface area contributed by atoms with Gasteiger partial charge in [0.25, 0.3) is 5.91 Å². The van der Waals surface area contributed by atoms with Gasteiger partial charge < -0.3 is 14.2 Å². The molecule has 31 heavy (non-hydrogen) atoms. The first-order valence-electron chi connectivity index (χ1n) is 9.39. The van der Waals surface area contributed by atoms with Crippen LogP contribution in [0.5, 0.6) is 17.2 Å². The summed E-state index contributed by atoms with van der Waals surface area (Å²) in [6, 6.07) is 11.0. The molecule has 6 nitrogen and oxygen atoms in total. The van der Waals surface area contributed by atoms with Crippen molar-refractivity contribution in [3.05, 3.63) is 51.3 Å². The Labute approximate surface area is 194 Å². The standard InChI is InChI=1S/C23H21BrN2O4S/c1-5-11-30-21-18(24)12-15(13-19(21)29-6-2)14-20-22(27)26(3)23(31-20)25-16-7-9-17(28-4)10-8-16/h1,7-10,12-14H,6,11H2,2-4H3/b20-14+,25-23?. The van der Waals surface area contributed by atoms with Crippen molar-refractivity contribution in [2.75, 3.05) is 27.4 Å². The van der Waals surface area contributed by atoms with Crippen LogP contribution in [0.1, 0.15) is 12.5 Å². The van der Waals surface area contributed by atoms with Gasteiger partial charge in [0.15, 0.2) is 16.7 Å². The molecule has 2 aromatic carbocycles. The van der Waals surface area contributed by atoms with E-state index in [1.54, 1.807) is 20.2 Å². The normalized spacial score (nSPS) is 16.0. The van der Waals surface area contributed by atoms with Crippen LogP contribution >= 0.6 is 27.7 Å². The largest absolute Gasteiger partial charge is 0.497 e. The van der Waals surface area contributed by atoms with Crippen molar-refractivity contribution in [3.63, 3.8) is 0 Å². The van der Waals surface area contributed by atoms with Crippen molar-refractivity contribution >= 4 is 50.5 Å². The summed E-state index contributed by atoms with van der Waals surface area (Å²) in [6.07, 6.45) is 7.10. The van der Waals surface area contributed by atoms with Gasteiger partial charge in [-0.15, -0.1) is 6.42 Å². The highest BCUT2D eigenvalue weighted by Crippen LogP contribution is 2.39. The zero-order chi connectivity index (χ0) is 22.4. The van der Waals surface area contributed by atoms with Crippen molar-refractivity contribution in [1.29, 1.82) is 0 Å². The second-order valence-electron chi connectivity index (χ2n) is 6.32. The third-order valence-electron chi connectivity index (χ3n) is 4.23. The molecule has 1 aliphatic heterocycles. The molecule has 1 saturated heterocycles. The van der Waals surface area contributed by atoms with Crippen LogP contribution in [-0.2, 0) is 4.79 Å². The van der Waals surface area contributed by atoms with E-state index >= 15 is 0 Å². The number of hydrogen-bond acceptors (Lipinski definition) is 6. The molecular formula is C23H21BrN2O4S. The highest BCUT2D eigenvalue weighted by molar-refractivity contribution is 9.10. The van der Waals surface area contributed by atoms with Crippen molar-refractivity contribution in [2.24, 2.45) is 4.99 Å². The van der Waals surface area contributed by atoms with E-state index in [9.17, 15) is 4.79 Å². The smallest absolute Gasteiger partial charge is 0.266 e. The molecule has 1 heterocycles. The molecule has 0 unspecified atom stereocenters. The topological polar surface area (TPSA) is 60.4 Å². The van der Waals surface area contributed by atoms with Crippen LogP contribution in [0.4, 0.5) is 5.69 Å². The average Bonchev–Trinajstić information content (AvgIpc) is 3.01. The van der Waals surface area contributed by atoms with Gasteiger partial charge in [-0.2, -0.15) is 0 Å². The molecule has 1 fully saturated rings. The molecule has 0 N–H and O–H groups in total. The Bertz CT molecular complexity index is 1070. The zero-order valence-corrected chi connectivity index (χ0v) is 19.7. The number of likely N-dealkylation sites (N-methyl/N-ethyl adjacent to an activating group) is 1. The quantitative estimate of drug-likeness (QED) is 0.390. The van der Waals surface area contributed by atoms with Gasteiger partial charge in [-0.3, -0.25) is 9.69 Å². The van der Waals surface area contributed by atoms with E-state index in [-0.39, 0.29) is 12.5 Å². The Balaban J connectivity index is 1.89. The van der Waals surface area contributed by atoms with Gasteiger partial charge in [0.05, 0.1) is 28.8 Å². The monoisotopic (exact) mass is 500 g/mol. The number of amidine groups is 1. The van der Waals surface area contributed by atoms with Crippen LogP contribution < -0.4 is 14.2 Å². The molecule has 3 rings (SSSR count). The first-order valence-corrected chi connectivity index (χ1v) is 11.0. The van der Waals surface area contributed by atoms with Crippen molar-refractivity contribution in [3.8, 4) is 29.6 Å². The molecule has 0 bridgehead atoms. The van der Waals surface area contributed by atoms with Crippen molar-refractivity contribution in [1.82, 2.24) is 4.90 Å². The number of thioether (sulfide) groups is 1. The number of carbonyl (C=O) groups excluding carboxylic acids is 1. The first-order chi connectivity index (χ1) is 15.0. The molecular weight excluding hydrogens is 480 g/mol. The highest BCUT2D eigenvalue weighted by atomic mass is 79.9. The summed E-state index contributed by atoms with van der Waals surface area (Å²) in [5, 5.41) is 0.597. The van der Waals surface area contributed by atoms with Gasteiger partial charge in [-0.05, 0) is 82.7 Å². The number of hydrogen-bond donors (Lipinski definition) is 0. The molecule has 0 aliphatic carbocycles. The van der Waals surface area contributed by atoms with E-state index in [2.05, 4.69) is 26.8 Å². The molecule has 0 radical (unpaired) electrons. The van der Waals surface area contributed by atoms with Crippen LogP contribution in [0.2, 0.25) is 0 Å². The van der Waals surface area contributed by atoms with Crippen LogP contribution in [0.15, 0.2) is 50.8 Å². The molecule has 2 aromatic rings. The predicted molar refractivity (Wildman–Crippen MR) is 128 cm³/mol. The van der Waals surface area contributed by atoms with E-state index in [1.807, 2.05) is 43.3 Å². The fourth-order valence-corrected chi connectivity index (χ4v) is 4.32. The van der Waals surface area contributed by atoms with Gasteiger partial charge in [0.1, 0.15) is 12.4 Å². The van der Waals surface area contributed by atoms with Crippen LogP contribution in [0.25, 0.3) is 6.08 Å². The fraction of sp³-hybridized carbons (Fsp3) is 0.217. The number of nitrogens with zero attached hydrogens (tertiary/aromatic N) is 2. The van der Waals surface area contributed by atoms with E-state index in [0.717, 1.165) is 17.0 Å². The Morgan fingerprint density at radius 1 is 1.26 bits per heavy atom. The van der Waals surface area contributed by atoms with Gasteiger partial charge >= 0.3 is 0 Å². The van der Waals surface area contributed by atoms with Gasteiger partial charge in [0, 0.05) is 7.05 Å². The molecule has 0 aromatic heterocycles. The number of halogens is 1. The lowest BCUT2D eigenvalue weighted by atomic mass is 10.2. The molecule has 1 aliphatic rings. The highest BCUT2D eigenvalue weighted by Gasteiger charge is 2.30. The Morgan fingerprint density at radius 2 is 2.00 bits per heavy atom. The third-order valence-corrected chi connectivity index (χ3v) is 5.88. The summed E-state index contributed by atoms with van der Waals surface area (Å²) in [5.41, 5.74) is 1.53. The molecule has 160 valence electrons. The number of ether oxygens (including phenoxy) is 3. The van der Waals surface area contributed by atoms with Crippen molar-refractivity contribution < 1.29 is 19.0 Å².